The number of aryl methyl sites for hydroxylation is 1. The third-order valence-corrected chi connectivity index (χ3v) is 3.43. The second-order valence-corrected chi connectivity index (χ2v) is 5.26. The van der Waals surface area contributed by atoms with Crippen LogP contribution in [0.3, 0.4) is 0 Å². The molecular formula is C18H17F3N2O. The summed E-state index contributed by atoms with van der Waals surface area (Å²) >= 11 is 0. The van der Waals surface area contributed by atoms with Gasteiger partial charge < -0.3 is 4.42 Å². The average Bonchev–Trinajstić information content (AvgIpc) is 2.88. The van der Waals surface area contributed by atoms with Gasteiger partial charge in [0.1, 0.15) is 5.76 Å². The van der Waals surface area contributed by atoms with Gasteiger partial charge in [-0.3, -0.25) is 4.90 Å². The van der Waals surface area contributed by atoms with Gasteiger partial charge in [0.05, 0.1) is 17.8 Å². The van der Waals surface area contributed by atoms with Gasteiger partial charge in [-0.15, -0.1) is 13.0 Å². The summed E-state index contributed by atoms with van der Waals surface area (Å²) < 4.78 is 43.4. The van der Waals surface area contributed by atoms with Gasteiger partial charge in [0, 0.05) is 18.7 Å². The van der Waals surface area contributed by atoms with E-state index in [1.165, 1.54) is 12.1 Å². The van der Waals surface area contributed by atoms with E-state index in [4.69, 9.17) is 10.8 Å². The molecule has 0 aliphatic carbocycles. The molecule has 0 radical (unpaired) electrons. The Hall–Kier alpha value is -2.52. The second-order valence-electron chi connectivity index (χ2n) is 5.26. The van der Waals surface area contributed by atoms with Crippen molar-refractivity contribution < 1.29 is 17.6 Å². The molecule has 0 fully saturated rings. The third-order valence-electron chi connectivity index (χ3n) is 3.43. The van der Waals surface area contributed by atoms with Crippen LogP contribution in [-0.4, -0.2) is 23.0 Å². The van der Waals surface area contributed by atoms with E-state index in [0.29, 0.717) is 36.7 Å². The molecule has 1 heterocycles. The maximum absolute atomic E-state index is 12.6. The summed E-state index contributed by atoms with van der Waals surface area (Å²) in [5.41, 5.74) is 0.479. The third kappa shape index (κ3) is 4.27. The molecule has 0 aliphatic rings. The maximum atomic E-state index is 12.6. The molecule has 0 bridgehead atoms. The van der Waals surface area contributed by atoms with E-state index in [0.717, 1.165) is 12.1 Å². The number of hydrogen-bond acceptors (Lipinski definition) is 3. The van der Waals surface area contributed by atoms with Crippen LogP contribution < -0.4 is 0 Å². The van der Waals surface area contributed by atoms with Gasteiger partial charge in [0.25, 0.3) is 0 Å². The maximum Gasteiger partial charge on any atom is 0.416 e. The summed E-state index contributed by atoms with van der Waals surface area (Å²) in [6, 6.07) is 4.72. The van der Waals surface area contributed by atoms with Crippen LogP contribution in [0.4, 0.5) is 13.2 Å². The molecule has 6 heteroatoms. The van der Waals surface area contributed by atoms with Gasteiger partial charge in [0.15, 0.2) is 0 Å². The highest BCUT2D eigenvalue weighted by Gasteiger charge is 2.30. The van der Waals surface area contributed by atoms with Gasteiger partial charge in [-0.2, -0.15) is 13.2 Å². The Labute approximate surface area is 138 Å². The van der Waals surface area contributed by atoms with Crippen molar-refractivity contribution in [2.75, 3.05) is 13.1 Å². The summed E-state index contributed by atoms with van der Waals surface area (Å²) in [6.07, 6.45) is 2.71. The Morgan fingerprint density at radius 3 is 2.54 bits per heavy atom. The summed E-state index contributed by atoms with van der Waals surface area (Å²) in [5, 5.41) is 0. The first kappa shape index (κ1) is 17.8. The predicted octanol–water partition coefficient (Wildman–Crippen LogP) is 4.29. The lowest BCUT2D eigenvalue weighted by molar-refractivity contribution is -0.137. The largest absolute Gasteiger partial charge is 0.441 e. The minimum absolute atomic E-state index is 0.287. The first-order chi connectivity index (χ1) is 11.3. The standard InChI is InChI=1S/C18H17F3N2O/c1-4-10-23(11-5-2)12-16-13(3)24-17(22-16)14-6-8-15(9-7-14)18(19,20)21/h1,5-9H,2,10-12H2,3H3. The van der Waals surface area contributed by atoms with Crippen LogP contribution in [0.25, 0.3) is 11.5 Å². The fourth-order valence-corrected chi connectivity index (χ4v) is 2.21. The number of rotatable bonds is 6. The van der Waals surface area contributed by atoms with E-state index < -0.39 is 11.7 Å². The lowest BCUT2D eigenvalue weighted by Crippen LogP contribution is -2.24. The Morgan fingerprint density at radius 1 is 1.33 bits per heavy atom. The molecular weight excluding hydrogens is 317 g/mol. The molecule has 0 atom stereocenters. The molecule has 0 unspecified atom stereocenters. The molecule has 1 aromatic heterocycles. The van der Waals surface area contributed by atoms with E-state index in [-0.39, 0.29) is 5.89 Å². The molecule has 0 spiro atoms. The monoisotopic (exact) mass is 334 g/mol. The molecule has 3 nitrogen and oxygen atoms in total. The molecule has 24 heavy (non-hydrogen) atoms. The zero-order valence-electron chi connectivity index (χ0n) is 13.2. The smallest absolute Gasteiger partial charge is 0.416 e. The molecule has 0 aliphatic heterocycles. The van der Waals surface area contributed by atoms with E-state index in [1.54, 1.807) is 13.0 Å². The summed E-state index contributed by atoms with van der Waals surface area (Å²) in [4.78, 5) is 6.34. The van der Waals surface area contributed by atoms with Gasteiger partial charge in [0.2, 0.25) is 5.89 Å². The van der Waals surface area contributed by atoms with Crippen molar-refractivity contribution in [1.29, 1.82) is 0 Å². The SMILES string of the molecule is C#CCN(CC=C)Cc1nc(-c2ccc(C(F)(F)F)cc2)oc1C. The molecule has 0 amide bonds. The number of aromatic nitrogens is 1. The number of hydrogen-bond donors (Lipinski definition) is 0. The van der Waals surface area contributed by atoms with Crippen molar-refractivity contribution in [3.63, 3.8) is 0 Å². The highest BCUT2D eigenvalue weighted by molar-refractivity contribution is 5.54. The molecule has 0 N–H and O–H groups in total. The van der Waals surface area contributed by atoms with Crippen LogP contribution in [0.1, 0.15) is 17.0 Å². The Balaban J connectivity index is 2.22. The quantitative estimate of drug-likeness (QED) is 0.583. The van der Waals surface area contributed by atoms with Gasteiger partial charge in [-0.1, -0.05) is 12.0 Å². The Bertz CT molecular complexity index is 739. The van der Waals surface area contributed by atoms with Gasteiger partial charge in [-0.05, 0) is 31.2 Å². The number of terminal acetylenes is 1. The Morgan fingerprint density at radius 2 is 2.00 bits per heavy atom. The number of alkyl halides is 3. The van der Waals surface area contributed by atoms with Crippen LogP contribution >= 0.6 is 0 Å². The normalized spacial score (nSPS) is 11.5. The van der Waals surface area contributed by atoms with Gasteiger partial charge >= 0.3 is 6.18 Å². The zero-order valence-corrected chi connectivity index (χ0v) is 13.2. The van der Waals surface area contributed by atoms with Crippen LogP contribution in [0.5, 0.6) is 0 Å². The van der Waals surface area contributed by atoms with E-state index >= 15 is 0 Å². The van der Waals surface area contributed by atoms with Crippen LogP contribution in [0.15, 0.2) is 41.3 Å². The molecule has 2 aromatic rings. The molecule has 1 aromatic carbocycles. The summed E-state index contributed by atoms with van der Waals surface area (Å²) in [7, 11) is 0. The van der Waals surface area contributed by atoms with Crippen molar-refractivity contribution in [3.8, 4) is 23.8 Å². The van der Waals surface area contributed by atoms with Crippen LogP contribution in [0.2, 0.25) is 0 Å². The second kappa shape index (κ2) is 7.37. The number of halogens is 3. The molecule has 2 rings (SSSR count). The first-order valence-corrected chi connectivity index (χ1v) is 7.25. The van der Waals surface area contributed by atoms with Crippen molar-refractivity contribution in [1.82, 2.24) is 9.88 Å². The average molecular weight is 334 g/mol. The lowest BCUT2D eigenvalue weighted by atomic mass is 10.1. The Kier molecular flexibility index (Phi) is 5.47. The van der Waals surface area contributed by atoms with Crippen molar-refractivity contribution in [2.24, 2.45) is 0 Å². The van der Waals surface area contributed by atoms with Crippen molar-refractivity contribution in [2.45, 2.75) is 19.6 Å². The summed E-state index contributed by atoms with van der Waals surface area (Å²) in [5.74, 6) is 3.46. The highest BCUT2D eigenvalue weighted by Crippen LogP contribution is 2.31. The van der Waals surface area contributed by atoms with Crippen molar-refractivity contribution in [3.05, 3.63) is 53.9 Å². The minimum Gasteiger partial charge on any atom is -0.441 e. The lowest BCUT2D eigenvalue weighted by Gasteiger charge is -2.15. The van der Waals surface area contributed by atoms with Crippen LogP contribution in [-0.2, 0) is 12.7 Å². The minimum atomic E-state index is -4.36. The first-order valence-electron chi connectivity index (χ1n) is 7.25. The number of benzene rings is 1. The van der Waals surface area contributed by atoms with E-state index in [2.05, 4.69) is 17.5 Å². The van der Waals surface area contributed by atoms with Crippen LogP contribution in [0, 0.1) is 19.3 Å². The number of oxazole rings is 1. The molecule has 0 saturated heterocycles. The number of nitrogens with zero attached hydrogens (tertiary/aromatic N) is 2. The van der Waals surface area contributed by atoms with E-state index in [1.807, 2.05) is 4.90 Å². The highest BCUT2D eigenvalue weighted by atomic mass is 19.4. The predicted molar refractivity (Wildman–Crippen MR) is 86.0 cm³/mol. The summed E-state index contributed by atoms with van der Waals surface area (Å²) in [6.45, 7) is 6.96. The van der Waals surface area contributed by atoms with Crippen molar-refractivity contribution >= 4 is 0 Å². The van der Waals surface area contributed by atoms with E-state index in [9.17, 15) is 13.2 Å². The van der Waals surface area contributed by atoms with Gasteiger partial charge in [-0.25, -0.2) is 4.98 Å². The fourth-order valence-electron chi connectivity index (χ4n) is 2.21. The molecule has 0 saturated carbocycles. The zero-order chi connectivity index (χ0) is 17.7. The fraction of sp³-hybridized carbons (Fsp3) is 0.278. The molecule has 126 valence electrons. The topological polar surface area (TPSA) is 29.3 Å².